The number of benzene rings is 1. The highest BCUT2D eigenvalue weighted by Crippen LogP contribution is 2.26. The van der Waals surface area contributed by atoms with Crippen molar-refractivity contribution in [3.63, 3.8) is 0 Å². The molecule has 1 N–H and O–H groups in total. The van der Waals surface area contributed by atoms with Gasteiger partial charge in [-0.1, -0.05) is 0 Å². The standard InChI is InChI=1S/C15H20N2O2/c1-10(2)17-9-12(8-16(3)4)13-7-11(15(18)19)5-6-14(13)17/h5-7,9-10H,8H2,1-4H3,(H,18,19). The fourth-order valence-corrected chi connectivity index (χ4v) is 2.35. The lowest BCUT2D eigenvalue weighted by molar-refractivity contribution is 0.0697. The van der Waals surface area contributed by atoms with Gasteiger partial charge in [0, 0.05) is 29.7 Å². The number of aromatic nitrogens is 1. The Hall–Kier alpha value is -1.81. The molecule has 0 unspecified atom stereocenters. The van der Waals surface area contributed by atoms with E-state index >= 15 is 0 Å². The SMILES string of the molecule is CC(C)n1cc(CN(C)C)c2cc(C(=O)O)ccc21. The van der Waals surface area contributed by atoms with Gasteiger partial charge in [0.15, 0.2) is 0 Å². The third kappa shape index (κ3) is 2.63. The Kier molecular flexibility index (Phi) is 3.62. The van der Waals surface area contributed by atoms with Gasteiger partial charge in [0.1, 0.15) is 0 Å². The molecule has 0 aliphatic carbocycles. The lowest BCUT2D eigenvalue weighted by Crippen LogP contribution is -2.10. The Bertz CT molecular complexity index is 612. The molecule has 1 heterocycles. The summed E-state index contributed by atoms with van der Waals surface area (Å²) in [5, 5.41) is 10.1. The summed E-state index contributed by atoms with van der Waals surface area (Å²) in [5.41, 5.74) is 2.60. The molecule has 0 spiro atoms. The number of nitrogens with zero attached hydrogens (tertiary/aromatic N) is 2. The molecule has 0 bridgehead atoms. The van der Waals surface area contributed by atoms with E-state index in [1.54, 1.807) is 12.1 Å². The first-order valence-corrected chi connectivity index (χ1v) is 6.41. The van der Waals surface area contributed by atoms with Crippen LogP contribution < -0.4 is 0 Å². The third-order valence-corrected chi connectivity index (χ3v) is 3.21. The van der Waals surface area contributed by atoms with Crippen LogP contribution in [0.1, 0.15) is 35.8 Å². The van der Waals surface area contributed by atoms with E-state index in [0.717, 1.165) is 23.0 Å². The Balaban J connectivity index is 2.65. The molecule has 102 valence electrons. The summed E-state index contributed by atoms with van der Waals surface area (Å²) in [7, 11) is 4.03. The Labute approximate surface area is 113 Å². The van der Waals surface area contributed by atoms with E-state index in [1.165, 1.54) is 0 Å². The normalized spacial score (nSPS) is 11.7. The summed E-state index contributed by atoms with van der Waals surface area (Å²) in [5.74, 6) is -0.880. The summed E-state index contributed by atoms with van der Waals surface area (Å²) in [6.45, 7) is 5.06. The molecule has 0 atom stereocenters. The van der Waals surface area contributed by atoms with Crippen LogP contribution >= 0.6 is 0 Å². The van der Waals surface area contributed by atoms with Crippen LogP contribution in [0.15, 0.2) is 24.4 Å². The maximum absolute atomic E-state index is 11.1. The first kappa shape index (κ1) is 13.6. The molecular formula is C15H20N2O2. The van der Waals surface area contributed by atoms with Crippen LogP contribution in [0.25, 0.3) is 10.9 Å². The number of aromatic carboxylic acids is 1. The summed E-state index contributed by atoms with van der Waals surface area (Å²) in [6, 6.07) is 5.70. The number of rotatable bonds is 4. The van der Waals surface area contributed by atoms with Gasteiger partial charge < -0.3 is 14.6 Å². The van der Waals surface area contributed by atoms with Crippen molar-refractivity contribution in [2.24, 2.45) is 0 Å². The fourth-order valence-electron chi connectivity index (χ4n) is 2.35. The van der Waals surface area contributed by atoms with Crippen molar-refractivity contribution < 1.29 is 9.90 Å². The van der Waals surface area contributed by atoms with Gasteiger partial charge in [-0.25, -0.2) is 4.79 Å². The predicted molar refractivity (Wildman–Crippen MR) is 76.7 cm³/mol. The van der Waals surface area contributed by atoms with Gasteiger partial charge in [0.2, 0.25) is 0 Å². The second-order valence-corrected chi connectivity index (χ2v) is 5.43. The highest BCUT2D eigenvalue weighted by atomic mass is 16.4. The molecule has 0 aliphatic heterocycles. The molecule has 0 aliphatic rings. The summed E-state index contributed by atoms with van der Waals surface area (Å²) in [6.07, 6.45) is 2.13. The van der Waals surface area contributed by atoms with Gasteiger partial charge in [0.05, 0.1) is 5.56 Å². The molecule has 0 saturated carbocycles. The number of carboxylic acids is 1. The van der Waals surface area contributed by atoms with E-state index in [9.17, 15) is 4.79 Å². The molecule has 0 amide bonds. The van der Waals surface area contributed by atoms with Gasteiger partial charge in [0.25, 0.3) is 0 Å². The van der Waals surface area contributed by atoms with Gasteiger partial charge in [-0.15, -0.1) is 0 Å². The molecule has 2 rings (SSSR count). The largest absolute Gasteiger partial charge is 0.478 e. The number of carbonyl (C=O) groups is 1. The highest BCUT2D eigenvalue weighted by molar-refractivity contribution is 5.95. The van der Waals surface area contributed by atoms with Gasteiger partial charge in [-0.2, -0.15) is 0 Å². The van der Waals surface area contributed by atoms with Crippen LogP contribution in [0.5, 0.6) is 0 Å². The molecule has 2 aromatic rings. The zero-order chi connectivity index (χ0) is 14.2. The Morgan fingerprint density at radius 3 is 2.58 bits per heavy atom. The van der Waals surface area contributed by atoms with E-state index in [1.807, 2.05) is 20.2 Å². The lowest BCUT2D eigenvalue weighted by atomic mass is 10.1. The predicted octanol–water partition coefficient (Wildman–Crippen LogP) is 2.98. The smallest absolute Gasteiger partial charge is 0.335 e. The monoisotopic (exact) mass is 260 g/mol. The van der Waals surface area contributed by atoms with Crippen LogP contribution in [-0.4, -0.2) is 34.6 Å². The number of carboxylic acid groups (broad SMARTS) is 1. The van der Waals surface area contributed by atoms with Crippen LogP contribution in [0.2, 0.25) is 0 Å². The zero-order valence-electron chi connectivity index (χ0n) is 11.8. The molecule has 0 radical (unpaired) electrons. The Morgan fingerprint density at radius 1 is 1.37 bits per heavy atom. The Morgan fingerprint density at radius 2 is 2.05 bits per heavy atom. The lowest BCUT2D eigenvalue weighted by Gasteiger charge is -2.09. The fraction of sp³-hybridized carbons (Fsp3) is 0.400. The quantitative estimate of drug-likeness (QED) is 0.919. The van der Waals surface area contributed by atoms with E-state index in [0.29, 0.717) is 11.6 Å². The molecular weight excluding hydrogens is 240 g/mol. The van der Waals surface area contributed by atoms with Gasteiger partial charge in [-0.05, 0) is 51.7 Å². The van der Waals surface area contributed by atoms with Crippen molar-refractivity contribution >= 4 is 16.9 Å². The summed E-state index contributed by atoms with van der Waals surface area (Å²) >= 11 is 0. The van der Waals surface area contributed by atoms with Crippen LogP contribution in [0.4, 0.5) is 0 Å². The zero-order valence-corrected chi connectivity index (χ0v) is 11.8. The van der Waals surface area contributed by atoms with Crippen LogP contribution in [0.3, 0.4) is 0 Å². The van der Waals surface area contributed by atoms with E-state index in [-0.39, 0.29) is 0 Å². The van der Waals surface area contributed by atoms with Gasteiger partial charge in [-0.3, -0.25) is 0 Å². The molecule has 4 nitrogen and oxygen atoms in total. The van der Waals surface area contributed by atoms with Crippen molar-refractivity contribution in [2.75, 3.05) is 14.1 Å². The number of hydrogen-bond acceptors (Lipinski definition) is 2. The van der Waals surface area contributed by atoms with Crippen molar-refractivity contribution in [1.29, 1.82) is 0 Å². The maximum atomic E-state index is 11.1. The van der Waals surface area contributed by atoms with Crippen molar-refractivity contribution in [1.82, 2.24) is 9.47 Å². The average Bonchev–Trinajstić information content (AvgIpc) is 2.67. The average molecular weight is 260 g/mol. The van der Waals surface area contributed by atoms with Crippen LogP contribution in [-0.2, 0) is 6.54 Å². The highest BCUT2D eigenvalue weighted by Gasteiger charge is 2.13. The van der Waals surface area contributed by atoms with Crippen LogP contribution in [0, 0.1) is 0 Å². The second kappa shape index (κ2) is 5.05. The van der Waals surface area contributed by atoms with Crippen molar-refractivity contribution in [3.8, 4) is 0 Å². The first-order chi connectivity index (χ1) is 8.90. The third-order valence-electron chi connectivity index (χ3n) is 3.21. The summed E-state index contributed by atoms with van der Waals surface area (Å²) in [4.78, 5) is 13.2. The molecule has 19 heavy (non-hydrogen) atoms. The molecule has 4 heteroatoms. The molecule has 1 aromatic heterocycles. The first-order valence-electron chi connectivity index (χ1n) is 6.41. The number of fused-ring (bicyclic) bond motifs is 1. The topological polar surface area (TPSA) is 45.5 Å². The van der Waals surface area contributed by atoms with Gasteiger partial charge >= 0.3 is 5.97 Å². The molecule has 0 saturated heterocycles. The minimum atomic E-state index is -0.880. The second-order valence-electron chi connectivity index (χ2n) is 5.43. The maximum Gasteiger partial charge on any atom is 0.335 e. The van der Waals surface area contributed by atoms with E-state index < -0.39 is 5.97 Å². The molecule has 0 fully saturated rings. The minimum absolute atomic E-state index is 0.342. The van der Waals surface area contributed by atoms with Crippen molar-refractivity contribution in [2.45, 2.75) is 26.4 Å². The number of hydrogen-bond donors (Lipinski definition) is 1. The van der Waals surface area contributed by atoms with Crippen molar-refractivity contribution in [3.05, 3.63) is 35.5 Å². The molecule has 1 aromatic carbocycles. The minimum Gasteiger partial charge on any atom is -0.478 e. The van der Waals surface area contributed by atoms with E-state index in [4.69, 9.17) is 5.11 Å². The van der Waals surface area contributed by atoms with E-state index in [2.05, 4.69) is 29.5 Å². The summed E-state index contributed by atoms with van der Waals surface area (Å²) < 4.78 is 2.19.